The van der Waals surface area contributed by atoms with Crippen LogP contribution in [0.25, 0.3) is 0 Å². The predicted molar refractivity (Wildman–Crippen MR) is 56.3 cm³/mol. The average Bonchev–Trinajstić information content (AvgIpc) is 2.12. The summed E-state index contributed by atoms with van der Waals surface area (Å²) in [7, 11) is 0. The van der Waals surface area contributed by atoms with Crippen molar-refractivity contribution in [3.8, 4) is 11.8 Å². The highest BCUT2D eigenvalue weighted by Gasteiger charge is 1.99. The van der Waals surface area contributed by atoms with Crippen LogP contribution in [0.15, 0.2) is 11.6 Å². The van der Waals surface area contributed by atoms with Gasteiger partial charge in [0.05, 0.1) is 0 Å². The quantitative estimate of drug-likeness (QED) is 0.274. The Morgan fingerprint density at radius 3 is 2.77 bits per heavy atom. The molecule has 0 aliphatic carbocycles. The maximum atomic E-state index is 10.4. The van der Waals surface area contributed by atoms with Crippen molar-refractivity contribution in [2.75, 3.05) is 0 Å². The van der Waals surface area contributed by atoms with Crippen molar-refractivity contribution in [1.82, 2.24) is 0 Å². The highest BCUT2D eigenvalue weighted by Crippen LogP contribution is 2.09. The van der Waals surface area contributed by atoms with Crippen LogP contribution in [-0.2, 0) is 4.79 Å². The first-order valence-corrected chi connectivity index (χ1v) is 4.71. The fourth-order valence-corrected chi connectivity index (χ4v) is 1.16. The lowest BCUT2D eigenvalue weighted by Crippen LogP contribution is -1.95. The molecule has 0 heterocycles. The molecule has 1 atom stereocenters. The van der Waals surface area contributed by atoms with Crippen molar-refractivity contribution >= 4 is 6.29 Å². The van der Waals surface area contributed by atoms with Gasteiger partial charge in [-0.25, -0.2) is 0 Å². The molecular formula is C12H18O. The van der Waals surface area contributed by atoms with E-state index in [0.717, 1.165) is 25.5 Å². The van der Waals surface area contributed by atoms with Gasteiger partial charge >= 0.3 is 0 Å². The van der Waals surface area contributed by atoms with Crippen LogP contribution in [0.2, 0.25) is 0 Å². The number of allylic oxidation sites excluding steroid dienone is 2. The van der Waals surface area contributed by atoms with Crippen LogP contribution in [-0.4, -0.2) is 6.29 Å². The molecule has 0 fully saturated rings. The van der Waals surface area contributed by atoms with Crippen molar-refractivity contribution in [2.45, 2.75) is 40.0 Å². The molecular weight excluding hydrogens is 160 g/mol. The standard InChI is InChI=1S/C12H18O/c1-4-5-6-7-8-11(2)9-12(3)10-13/h8,10,12H,6-7,9H2,1-3H3. The molecule has 0 saturated heterocycles. The Hall–Kier alpha value is -1.03. The lowest BCUT2D eigenvalue weighted by atomic mass is 10.0. The topological polar surface area (TPSA) is 17.1 Å². The molecule has 0 rings (SSSR count). The third kappa shape index (κ3) is 7.33. The maximum absolute atomic E-state index is 10.4. The zero-order valence-electron chi connectivity index (χ0n) is 8.76. The van der Waals surface area contributed by atoms with Gasteiger partial charge in [-0.15, -0.1) is 11.8 Å². The minimum absolute atomic E-state index is 0.147. The van der Waals surface area contributed by atoms with E-state index in [2.05, 4.69) is 24.8 Å². The van der Waals surface area contributed by atoms with Gasteiger partial charge in [0.25, 0.3) is 0 Å². The monoisotopic (exact) mass is 178 g/mol. The fraction of sp³-hybridized carbons (Fsp3) is 0.583. The summed E-state index contributed by atoms with van der Waals surface area (Å²) in [6, 6.07) is 0. The van der Waals surface area contributed by atoms with Crippen molar-refractivity contribution in [2.24, 2.45) is 5.92 Å². The number of hydrogen-bond acceptors (Lipinski definition) is 1. The number of aldehydes is 1. The molecule has 0 amide bonds. The van der Waals surface area contributed by atoms with Crippen LogP contribution < -0.4 is 0 Å². The minimum Gasteiger partial charge on any atom is -0.303 e. The normalized spacial score (nSPS) is 13.0. The predicted octanol–water partition coefficient (Wildman–Crippen LogP) is 2.96. The van der Waals surface area contributed by atoms with Crippen LogP contribution in [0.5, 0.6) is 0 Å². The molecule has 1 unspecified atom stereocenters. The summed E-state index contributed by atoms with van der Waals surface area (Å²) in [6.45, 7) is 5.86. The molecule has 0 aromatic carbocycles. The molecule has 0 aromatic rings. The number of carbonyl (C=O) groups is 1. The molecule has 13 heavy (non-hydrogen) atoms. The van der Waals surface area contributed by atoms with Crippen molar-refractivity contribution in [1.29, 1.82) is 0 Å². The van der Waals surface area contributed by atoms with E-state index in [4.69, 9.17) is 0 Å². The number of rotatable bonds is 5. The molecule has 0 aliphatic rings. The van der Waals surface area contributed by atoms with Crippen LogP contribution in [0.4, 0.5) is 0 Å². The first kappa shape index (κ1) is 12.0. The highest BCUT2D eigenvalue weighted by atomic mass is 16.1. The van der Waals surface area contributed by atoms with Gasteiger partial charge in [0.2, 0.25) is 0 Å². The lowest BCUT2D eigenvalue weighted by molar-refractivity contribution is -0.110. The second-order valence-electron chi connectivity index (χ2n) is 3.33. The third-order valence-electron chi connectivity index (χ3n) is 1.82. The molecule has 0 aliphatic heterocycles. The zero-order chi connectivity index (χ0) is 10.1. The molecule has 0 saturated carbocycles. The summed E-state index contributed by atoms with van der Waals surface area (Å²) in [5.41, 5.74) is 1.29. The Morgan fingerprint density at radius 1 is 1.54 bits per heavy atom. The van der Waals surface area contributed by atoms with Gasteiger partial charge in [-0.05, 0) is 26.7 Å². The third-order valence-corrected chi connectivity index (χ3v) is 1.82. The first-order chi connectivity index (χ1) is 6.20. The van der Waals surface area contributed by atoms with Gasteiger partial charge in [0, 0.05) is 12.3 Å². The Morgan fingerprint density at radius 2 is 2.23 bits per heavy atom. The minimum atomic E-state index is 0.147. The Labute approximate surface area is 81.2 Å². The van der Waals surface area contributed by atoms with Gasteiger partial charge in [0.1, 0.15) is 6.29 Å². The van der Waals surface area contributed by atoms with Crippen molar-refractivity contribution in [3.05, 3.63) is 11.6 Å². The second kappa shape index (κ2) is 7.61. The average molecular weight is 178 g/mol. The largest absolute Gasteiger partial charge is 0.303 e. The molecule has 0 bridgehead atoms. The van der Waals surface area contributed by atoms with E-state index in [1.165, 1.54) is 5.57 Å². The van der Waals surface area contributed by atoms with Crippen LogP contribution >= 0.6 is 0 Å². The molecule has 1 heteroatoms. The van der Waals surface area contributed by atoms with E-state index in [1.54, 1.807) is 0 Å². The number of carbonyl (C=O) groups excluding carboxylic acids is 1. The van der Waals surface area contributed by atoms with E-state index >= 15 is 0 Å². The number of unbranched alkanes of at least 4 members (excludes halogenated alkanes) is 1. The van der Waals surface area contributed by atoms with Crippen LogP contribution in [0, 0.1) is 17.8 Å². The Balaban J connectivity index is 3.72. The van der Waals surface area contributed by atoms with E-state index in [1.807, 2.05) is 13.8 Å². The van der Waals surface area contributed by atoms with E-state index in [-0.39, 0.29) is 5.92 Å². The van der Waals surface area contributed by atoms with E-state index in [9.17, 15) is 4.79 Å². The van der Waals surface area contributed by atoms with Crippen LogP contribution in [0.1, 0.15) is 40.0 Å². The second-order valence-corrected chi connectivity index (χ2v) is 3.33. The zero-order valence-corrected chi connectivity index (χ0v) is 8.76. The maximum Gasteiger partial charge on any atom is 0.123 e. The fourth-order valence-electron chi connectivity index (χ4n) is 1.16. The van der Waals surface area contributed by atoms with Crippen LogP contribution in [0.3, 0.4) is 0 Å². The molecule has 72 valence electrons. The SMILES string of the molecule is CC#CCCC=C(C)CC(C)C=O. The highest BCUT2D eigenvalue weighted by molar-refractivity contribution is 5.53. The first-order valence-electron chi connectivity index (χ1n) is 4.71. The van der Waals surface area contributed by atoms with Gasteiger partial charge in [-0.1, -0.05) is 18.6 Å². The van der Waals surface area contributed by atoms with Gasteiger partial charge in [0.15, 0.2) is 0 Å². The summed E-state index contributed by atoms with van der Waals surface area (Å²) in [5, 5.41) is 0. The summed E-state index contributed by atoms with van der Waals surface area (Å²) in [4.78, 5) is 10.4. The summed E-state index contributed by atoms with van der Waals surface area (Å²) in [6.07, 6.45) is 5.97. The van der Waals surface area contributed by atoms with E-state index < -0.39 is 0 Å². The van der Waals surface area contributed by atoms with Crippen molar-refractivity contribution in [3.63, 3.8) is 0 Å². The Kier molecular flexibility index (Phi) is 7.01. The number of hydrogen-bond donors (Lipinski definition) is 0. The molecule has 1 nitrogen and oxygen atoms in total. The van der Waals surface area contributed by atoms with Gasteiger partial charge < -0.3 is 4.79 Å². The Bertz CT molecular complexity index is 227. The van der Waals surface area contributed by atoms with Gasteiger partial charge in [-0.2, -0.15) is 0 Å². The van der Waals surface area contributed by atoms with Gasteiger partial charge in [-0.3, -0.25) is 0 Å². The molecule has 0 spiro atoms. The molecule has 0 N–H and O–H groups in total. The van der Waals surface area contributed by atoms with Crippen molar-refractivity contribution < 1.29 is 4.79 Å². The smallest absolute Gasteiger partial charge is 0.123 e. The lowest BCUT2D eigenvalue weighted by Gasteiger charge is -2.02. The van der Waals surface area contributed by atoms with E-state index in [0.29, 0.717) is 0 Å². The summed E-state index contributed by atoms with van der Waals surface area (Å²) >= 11 is 0. The molecule has 0 radical (unpaired) electrons. The summed E-state index contributed by atoms with van der Waals surface area (Å²) in [5.74, 6) is 6.01. The molecule has 0 aromatic heterocycles. The summed E-state index contributed by atoms with van der Waals surface area (Å²) < 4.78 is 0.